The summed E-state index contributed by atoms with van der Waals surface area (Å²) >= 11 is 0. The zero-order valence-corrected chi connectivity index (χ0v) is 6.91. The predicted octanol–water partition coefficient (Wildman–Crippen LogP) is 1.95. The van der Waals surface area contributed by atoms with Gasteiger partial charge >= 0.3 is 0 Å². The molecule has 0 aromatic heterocycles. The first-order chi connectivity index (χ1) is 6.56. The van der Waals surface area contributed by atoms with E-state index in [1.807, 2.05) is 0 Å². The molecule has 14 heavy (non-hydrogen) atoms. The second-order valence-electron chi connectivity index (χ2n) is 2.42. The van der Waals surface area contributed by atoms with Gasteiger partial charge < -0.3 is 0 Å². The Morgan fingerprint density at radius 3 is 2.29 bits per heavy atom. The Hall–Kier alpha value is -2.24. The molecule has 0 saturated carbocycles. The summed E-state index contributed by atoms with van der Waals surface area (Å²) in [4.78, 5) is 19.4. The molecule has 0 saturated heterocycles. The Morgan fingerprint density at radius 1 is 1.21 bits per heavy atom. The average Bonchev–Trinajstić information content (AvgIpc) is 2.16. The minimum Gasteiger partial charge on any atom is -0.258 e. The van der Waals surface area contributed by atoms with Gasteiger partial charge in [0.2, 0.25) is 0 Å². The summed E-state index contributed by atoms with van der Waals surface area (Å²) in [6.07, 6.45) is 1.03. The molecule has 0 N–H and O–H groups in total. The highest BCUT2D eigenvalue weighted by molar-refractivity contribution is 5.62. The maximum Gasteiger partial charge on any atom is 0.283 e. The van der Waals surface area contributed by atoms with Crippen molar-refractivity contribution in [1.29, 1.82) is 0 Å². The van der Waals surface area contributed by atoms with Crippen molar-refractivity contribution in [3.05, 3.63) is 50.6 Å². The van der Waals surface area contributed by atoms with Crippen molar-refractivity contribution in [2.75, 3.05) is 0 Å². The van der Waals surface area contributed by atoms with Gasteiger partial charge in [-0.3, -0.25) is 20.2 Å². The van der Waals surface area contributed by atoms with Crippen molar-refractivity contribution in [3.63, 3.8) is 0 Å². The van der Waals surface area contributed by atoms with Crippen LogP contribution in [-0.4, -0.2) is 9.85 Å². The lowest BCUT2D eigenvalue weighted by Crippen LogP contribution is -1.94. The second kappa shape index (κ2) is 3.65. The van der Waals surface area contributed by atoms with Crippen LogP contribution >= 0.6 is 0 Å². The average molecular weight is 193 g/mol. The molecule has 1 aromatic rings. The van der Waals surface area contributed by atoms with Gasteiger partial charge in [-0.1, -0.05) is 6.58 Å². The van der Waals surface area contributed by atoms with E-state index >= 15 is 0 Å². The highest BCUT2D eigenvalue weighted by Gasteiger charge is 2.16. The molecule has 0 aliphatic heterocycles. The third kappa shape index (κ3) is 1.74. The van der Waals surface area contributed by atoms with Gasteiger partial charge in [-0.2, -0.15) is 0 Å². The third-order valence-corrected chi connectivity index (χ3v) is 1.60. The van der Waals surface area contributed by atoms with Crippen LogP contribution in [0.15, 0.2) is 18.2 Å². The smallest absolute Gasteiger partial charge is 0.258 e. The lowest BCUT2D eigenvalue weighted by atomic mass is 10.1. The number of nitro benzene ring substituents is 2. The molecule has 0 atom stereocenters. The molecule has 0 heterocycles. The summed E-state index contributed by atoms with van der Waals surface area (Å²) in [7, 11) is 0. The standard InChI is InChI=1S/C8H5N2O4/c1-2-6-3-4-7(9(11)12)5-8(6)10(13)14/h1-5H. The van der Waals surface area contributed by atoms with Crippen LogP contribution in [0.2, 0.25) is 0 Å². The van der Waals surface area contributed by atoms with Crippen LogP contribution in [0.4, 0.5) is 11.4 Å². The number of benzene rings is 1. The Balaban J connectivity index is 3.34. The Kier molecular flexibility index (Phi) is 2.57. The zero-order valence-electron chi connectivity index (χ0n) is 6.91. The minimum absolute atomic E-state index is 0.153. The summed E-state index contributed by atoms with van der Waals surface area (Å²) in [5, 5.41) is 20.8. The molecule has 0 aliphatic carbocycles. The Bertz CT molecular complexity index is 414. The molecule has 0 bridgehead atoms. The van der Waals surface area contributed by atoms with E-state index in [2.05, 4.69) is 0 Å². The highest BCUT2D eigenvalue weighted by atomic mass is 16.6. The molecule has 6 nitrogen and oxygen atoms in total. The Morgan fingerprint density at radius 2 is 1.86 bits per heavy atom. The second-order valence-corrected chi connectivity index (χ2v) is 2.42. The number of nitro groups is 2. The molecular weight excluding hydrogens is 188 g/mol. The van der Waals surface area contributed by atoms with Gasteiger partial charge in [0.25, 0.3) is 11.4 Å². The van der Waals surface area contributed by atoms with Crippen LogP contribution < -0.4 is 0 Å². The van der Waals surface area contributed by atoms with Gasteiger partial charge in [0.1, 0.15) is 0 Å². The fraction of sp³-hybridized carbons (Fsp3) is 0. The maximum absolute atomic E-state index is 10.5. The lowest BCUT2D eigenvalue weighted by Gasteiger charge is -1.96. The van der Waals surface area contributed by atoms with Crippen molar-refractivity contribution < 1.29 is 9.85 Å². The van der Waals surface area contributed by atoms with Crippen molar-refractivity contribution in [2.45, 2.75) is 0 Å². The zero-order chi connectivity index (χ0) is 10.7. The normalized spacial score (nSPS) is 9.43. The molecule has 1 radical (unpaired) electrons. The first-order valence-corrected chi connectivity index (χ1v) is 3.54. The minimum atomic E-state index is -0.717. The molecule has 0 unspecified atom stereocenters. The van der Waals surface area contributed by atoms with Gasteiger partial charge in [-0.05, 0) is 12.1 Å². The quantitative estimate of drug-likeness (QED) is 0.542. The predicted molar refractivity (Wildman–Crippen MR) is 48.5 cm³/mol. The van der Waals surface area contributed by atoms with E-state index in [0.717, 1.165) is 18.2 Å². The molecule has 0 fully saturated rings. The number of nitrogens with zero attached hydrogens (tertiary/aromatic N) is 2. The molecule has 1 rings (SSSR count). The summed E-state index contributed by atoms with van der Waals surface area (Å²) in [5.41, 5.74) is -0.551. The van der Waals surface area contributed by atoms with Gasteiger partial charge in [0, 0.05) is 6.07 Å². The van der Waals surface area contributed by atoms with Gasteiger partial charge in [-0.25, -0.2) is 0 Å². The van der Waals surface area contributed by atoms with Gasteiger partial charge in [0.05, 0.1) is 21.5 Å². The van der Waals surface area contributed by atoms with Crippen LogP contribution in [0.25, 0.3) is 6.08 Å². The summed E-state index contributed by atoms with van der Waals surface area (Å²) < 4.78 is 0. The van der Waals surface area contributed by atoms with Crippen LogP contribution in [0, 0.1) is 26.8 Å². The van der Waals surface area contributed by atoms with E-state index in [9.17, 15) is 20.2 Å². The molecular formula is C8H5N2O4. The van der Waals surface area contributed by atoms with Crippen LogP contribution in [-0.2, 0) is 0 Å². The van der Waals surface area contributed by atoms with E-state index in [1.165, 1.54) is 6.07 Å². The lowest BCUT2D eigenvalue weighted by molar-refractivity contribution is -0.394. The fourth-order valence-corrected chi connectivity index (χ4v) is 0.945. The number of non-ortho nitro benzene ring substituents is 1. The van der Waals surface area contributed by atoms with Gasteiger partial charge in [-0.15, -0.1) is 0 Å². The Labute approximate surface area is 78.8 Å². The van der Waals surface area contributed by atoms with Crippen LogP contribution in [0.1, 0.15) is 5.56 Å². The fourth-order valence-electron chi connectivity index (χ4n) is 0.945. The van der Waals surface area contributed by atoms with E-state index in [-0.39, 0.29) is 16.9 Å². The number of hydrogen-bond acceptors (Lipinski definition) is 4. The third-order valence-electron chi connectivity index (χ3n) is 1.60. The van der Waals surface area contributed by atoms with Crippen LogP contribution in [0.5, 0.6) is 0 Å². The highest BCUT2D eigenvalue weighted by Crippen LogP contribution is 2.24. The molecule has 71 valence electrons. The van der Waals surface area contributed by atoms with Crippen molar-refractivity contribution >= 4 is 17.5 Å². The van der Waals surface area contributed by atoms with Gasteiger partial charge in [0.15, 0.2) is 0 Å². The first-order valence-electron chi connectivity index (χ1n) is 3.54. The molecule has 0 spiro atoms. The molecule has 6 heteroatoms. The van der Waals surface area contributed by atoms with Crippen molar-refractivity contribution in [2.24, 2.45) is 0 Å². The summed E-state index contributed by atoms with van der Waals surface area (Å²) in [6, 6.07) is 3.26. The SMILES string of the molecule is [CH]=Cc1ccc([N+](=O)[O-])cc1[N+](=O)[O-]. The van der Waals surface area contributed by atoms with E-state index < -0.39 is 9.85 Å². The van der Waals surface area contributed by atoms with Crippen LogP contribution in [0.3, 0.4) is 0 Å². The van der Waals surface area contributed by atoms with Crippen molar-refractivity contribution in [1.82, 2.24) is 0 Å². The molecule has 0 amide bonds. The largest absolute Gasteiger partial charge is 0.283 e. The van der Waals surface area contributed by atoms with E-state index in [1.54, 1.807) is 0 Å². The first kappa shape index (κ1) is 9.85. The topological polar surface area (TPSA) is 86.3 Å². The number of hydrogen-bond donors (Lipinski definition) is 0. The van der Waals surface area contributed by atoms with E-state index in [0.29, 0.717) is 0 Å². The monoisotopic (exact) mass is 193 g/mol. The van der Waals surface area contributed by atoms with Crippen molar-refractivity contribution in [3.8, 4) is 0 Å². The van der Waals surface area contributed by atoms with E-state index in [4.69, 9.17) is 6.58 Å². The summed E-state index contributed by atoms with van der Waals surface area (Å²) in [5.74, 6) is 0. The molecule has 0 aliphatic rings. The number of rotatable bonds is 3. The summed E-state index contributed by atoms with van der Waals surface area (Å²) in [6.45, 7) is 5.12. The molecule has 1 aromatic carbocycles. The maximum atomic E-state index is 10.5.